The zero-order valence-electron chi connectivity index (χ0n) is 7.98. The highest BCUT2D eigenvalue weighted by Gasteiger charge is 1.97. The topological polar surface area (TPSA) is 35.2 Å². The van der Waals surface area contributed by atoms with Crippen molar-refractivity contribution in [3.05, 3.63) is 52.1 Å². The number of hydrogen-bond donors (Lipinski definition) is 1. The third kappa shape index (κ3) is 2.86. The largest absolute Gasteiger partial charge is 0.457 e. The molecule has 15 heavy (non-hydrogen) atoms. The van der Waals surface area contributed by atoms with Crippen molar-refractivity contribution >= 4 is 28.3 Å². The van der Waals surface area contributed by atoms with Crippen molar-refractivity contribution in [3.63, 3.8) is 0 Å². The molecule has 0 fully saturated rings. The lowest BCUT2D eigenvalue weighted by Gasteiger charge is -2.06. The first kappa shape index (κ1) is 10.3. The molecule has 0 atom stereocenters. The predicted molar refractivity (Wildman–Crippen MR) is 70.1 cm³/mol. The van der Waals surface area contributed by atoms with Gasteiger partial charge in [0.05, 0.1) is 0 Å². The average Bonchev–Trinajstić information content (AvgIpc) is 2.17. The molecule has 0 aliphatic carbocycles. The van der Waals surface area contributed by atoms with Crippen molar-refractivity contribution < 1.29 is 4.74 Å². The molecule has 2 rings (SSSR count). The summed E-state index contributed by atoms with van der Waals surface area (Å²) in [6.07, 6.45) is 0. The van der Waals surface area contributed by atoms with Gasteiger partial charge >= 0.3 is 0 Å². The van der Waals surface area contributed by atoms with Crippen LogP contribution < -0.4 is 10.5 Å². The van der Waals surface area contributed by atoms with E-state index in [-0.39, 0.29) is 0 Å². The van der Waals surface area contributed by atoms with E-state index in [1.165, 1.54) is 0 Å². The summed E-state index contributed by atoms with van der Waals surface area (Å²) in [7, 11) is 0. The maximum absolute atomic E-state index is 5.66. The Bertz CT molecular complexity index is 427. The zero-order valence-corrected chi connectivity index (χ0v) is 10.1. The van der Waals surface area contributed by atoms with Crippen molar-refractivity contribution in [2.75, 3.05) is 5.73 Å². The Morgan fingerprint density at radius 1 is 0.933 bits per heavy atom. The molecule has 0 aliphatic rings. The first-order valence-electron chi connectivity index (χ1n) is 4.53. The van der Waals surface area contributed by atoms with Crippen molar-refractivity contribution in [3.8, 4) is 11.5 Å². The molecule has 0 unspecified atom stereocenters. The van der Waals surface area contributed by atoms with Crippen LogP contribution in [0.1, 0.15) is 0 Å². The van der Waals surface area contributed by atoms with Gasteiger partial charge in [-0.1, -0.05) is 12.1 Å². The number of halogens is 1. The van der Waals surface area contributed by atoms with E-state index in [0.717, 1.165) is 15.1 Å². The van der Waals surface area contributed by atoms with Crippen molar-refractivity contribution in [1.29, 1.82) is 0 Å². The SMILES string of the molecule is Nc1cccc(Oc2cccc(I)c2)c1. The molecular formula is C12H10INO. The fourth-order valence-corrected chi connectivity index (χ4v) is 1.76. The van der Waals surface area contributed by atoms with Gasteiger partial charge in [-0.25, -0.2) is 0 Å². The van der Waals surface area contributed by atoms with Gasteiger partial charge in [0, 0.05) is 15.3 Å². The lowest BCUT2D eigenvalue weighted by Crippen LogP contribution is -1.87. The highest BCUT2D eigenvalue weighted by Crippen LogP contribution is 2.24. The van der Waals surface area contributed by atoms with Crippen molar-refractivity contribution in [1.82, 2.24) is 0 Å². The van der Waals surface area contributed by atoms with Gasteiger partial charge in [0.1, 0.15) is 11.5 Å². The molecule has 0 heterocycles. The van der Waals surface area contributed by atoms with E-state index >= 15 is 0 Å². The molecule has 0 aromatic heterocycles. The van der Waals surface area contributed by atoms with Crippen LogP contribution in [-0.2, 0) is 0 Å². The monoisotopic (exact) mass is 311 g/mol. The molecule has 3 heteroatoms. The van der Waals surface area contributed by atoms with Crippen molar-refractivity contribution in [2.45, 2.75) is 0 Å². The Labute approximate surface area is 102 Å². The van der Waals surface area contributed by atoms with Crippen LogP contribution in [0, 0.1) is 3.57 Å². The maximum Gasteiger partial charge on any atom is 0.129 e. The Balaban J connectivity index is 2.22. The third-order valence-corrected chi connectivity index (χ3v) is 2.56. The second kappa shape index (κ2) is 4.53. The van der Waals surface area contributed by atoms with Gasteiger partial charge in [-0.2, -0.15) is 0 Å². The van der Waals surface area contributed by atoms with Gasteiger partial charge in [-0.05, 0) is 52.9 Å². The van der Waals surface area contributed by atoms with Crippen LogP contribution in [0.15, 0.2) is 48.5 Å². The zero-order chi connectivity index (χ0) is 10.7. The molecule has 0 saturated heterocycles. The van der Waals surface area contributed by atoms with Crippen LogP contribution in [0.2, 0.25) is 0 Å². The van der Waals surface area contributed by atoms with E-state index in [2.05, 4.69) is 22.6 Å². The van der Waals surface area contributed by atoms with Crippen LogP contribution in [0.4, 0.5) is 5.69 Å². The smallest absolute Gasteiger partial charge is 0.129 e. The molecule has 76 valence electrons. The van der Waals surface area contributed by atoms with Crippen LogP contribution in [0.3, 0.4) is 0 Å². The highest BCUT2D eigenvalue weighted by atomic mass is 127. The molecule has 2 N–H and O–H groups in total. The number of nitrogens with two attached hydrogens (primary N) is 1. The number of hydrogen-bond acceptors (Lipinski definition) is 2. The number of rotatable bonds is 2. The minimum Gasteiger partial charge on any atom is -0.457 e. The second-order valence-electron chi connectivity index (χ2n) is 3.13. The summed E-state index contributed by atoms with van der Waals surface area (Å²) in [5.74, 6) is 1.59. The van der Waals surface area contributed by atoms with E-state index < -0.39 is 0 Å². The van der Waals surface area contributed by atoms with Gasteiger partial charge in [0.2, 0.25) is 0 Å². The first-order valence-corrected chi connectivity index (χ1v) is 5.61. The van der Waals surface area contributed by atoms with Crippen LogP contribution in [-0.4, -0.2) is 0 Å². The van der Waals surface area contributed by atoms with Crippen LogP contribution >= 0.6 is 22.6 Å². The quantitative estimate of drug-likeness (QED) is 0.678. The summed E-state index contributed by atoms with van der Waals surface area (Å²) in [6, 6.07) is 15.3. The molecule has 2 aromatic rings. The van der Waals surface area contributed by atoms with E-state index in [9.17, 15) is 0 Å². The minimum absolute atomic E-state index is 0.707. The summed E-state index contributed by atoms with van der Waals surface area (Å²) in [5.41, 5.74) is 6.37. The molecule has 0 bridgehead atoms. The second-order valence-corrected chi connectivity index (χ2v) is 4.38. The van der Waals surface area contributed by atoms with E-state index in [0.29, 0.717) is 5.69 Å². The number of nitrogen functional groups attached to an aromatic ring is 1. The van der Waals surface area contributed by atoms with E-state index in [1.54, 1.807) is 6.07 Å². The molecule has 2 aromatic carbocycles. The molecule has 0 aliphatic heterocycles. The molecule has 0 amide bonds. The highest BCUT2D eigenvalue weighted by molar-refractivity contribution is 14.1. The number of benzene rings is 2. The summed E-state index contributed by atoms with van der Waals surface area (Å²) in [5, 5.41) is 0. The molecule has 2 nitrogen and oxygen atoms in total. The number of anilines is 1. The Morgan fingerprint density at radius 3 is 2.27 bits per heavy atom. The summed E-state index contributed by atoms with van der Waals surface area (Å²) in [6.45, 7) is 0. The van der Waals surface area contributed by atoms with Gasteiger partial charge in [-0.15, -0.1) is 0 Å². The van der Waals surface area contributed by atoms with Gasteiger partial charge < -0.3 is 10.5 Å². The Kier molecular flexibility index (Phi) is 3.11. The average molecular weight is 311 g/mol. The van der Waals surface area contributed by atoms with Crippen LogP contribution in [0.5, 0.6) is 11.5 Å². The Hall–Kier alpha value is -1.23. The minimum atomic E-state index is 0.707. The standard InChI is InChI=1S/C12H10INO/c13-9-3-1-5-11(7-9)15-12-6-2-4-10(14)8-12/h1-8H,14H2. The van der Waals surface area contributed by atoms with E-state index in [4.69, 9.17) is 10.5 Å². The molecule has 0 saturated carbocycles. The lowest BCUT2D eigenvalue weighted by molar-refractivity contribution is 0.482. The molecular weight excluding hydrogens is 301 g/mol. The fourth-order valence-electron chi connectivity index (χ4n) is 1.24. The Morgan fingerprint density at radius 2 is 1.60 bits per heavy atom. The first-order chi connectivity index (χ1) is 7.24. The maximum atomic E-state index is 5.66. The van der Waals surface area contributed by atoms with E-state index in [1.807, 2.05) is 42.5 Å². The van der Waals surface area contributed by atoms with Gasteiger partial charge in [-0.3, -0.25) is 0 Å². The summed E-state index contributed by atoms with van der Waals surface area (Å²) < 4.78 is 6.80. The summed E-state index contributed by atoms with van der Waals surface area (Å²) >= 11 is 2.25. The molecule has 0 spiro atoms. The van der Waals surface area contributed by atoms with Gasteiger partial charge in [0.15, 0.2) is 0 Å². The lowest BCUT2D eigenvalue weighted by atomic mass is 10.3. The summed E-state index contributed by atoms with van der Waals surface area (Å²) in [4.78, 5) is 0. The third-order valence-electron chi connectivity index (χ3n) is 1.89. The predicted octanol–water partition coefficient (Wildman–Crippen LogP) is 3.67. The number of ether oxygens (including phenoxy) is 1. The van der Waals surface area contributed by atoms with Crippen LogP contribution in [0.25, 0.3) is 0 Å². The fraction of sp³-hybridized carbons (Fsp3) is 0. The van der Waals surface area contributed by atoms with Crippen molar-refractivity contribution in [2.24, 2.45) is 0 Å². The normalized spacial score (nSPS) is 9.93. The molecule has 0 radical (unpaired) electrons. The van der Waals surface area contributed by atoms with Gasteiger partial charge in [0.25, 0.3) is 0 Å².